The molecule has 0 bridgehead atoms. The highest BCUT2D eigenvalue weighted by atomic mass is 32.2. The van der Waals surface area contributed by atoms with Crippen molar-refractivity contribution in [2.45, 2.75) is 275 Å². The van der Waals surface area contributed by atoms with E-state index in [2.05, 4.69) is 23.9 Å². The third-order valence-electron chi connectivity index (χ3n) is 12.5. The summed E-state index contributed by atoms with van der Waals surface area (Å²) >= 11 is 0. The standard InChI is InChI=1S/C48H96N2O11S/c1-3-5-7-9-11-13-14-15-18-22-26-30-34-41(52)44(54)40(39-60-48-47(57)46(56)45(55)42(38-51)61-48)50-43(53)35-31-27-23-19-16-17-20-24-28-32-36-49-62(58,59)37-33-29-25-21-12-10-8-6-4-2/h40-42,44-49,51-52,54-57H,3-39H2,1-2H3,(H,50,53)/t40-,41+,42+,44-,45-,46-,47+,48-/m0/s1. The van der Waals surface area contributed by atoms with Gasteiger partial charge in [-0.25, -0.2) is 13.1 Å². The minimum atomic E-state index is -3.18. The van der Waals surface area contributed by atoms with Crippen LogP contribution < -0.4 is 10.0 Å². The van der Waals surface area contributed by atoms with Crippen LogP contribution in [-0.2, 0) is 24.3 Å². The largest absolute Gasteiger partial charge is 0.394 e. The van der Waals surface area contributed by atoms with Gasteiger partial charge in [-0.15, -0.1) is 0 Å². The predicted molar refractivity (Wildman–Crippen MR) is 249 cm³/mol. The van der Waals surface area contributed by atoms with Crippen molar-refractivity contribution in [3.63, 3.8) is 0 Å². The summed E-state index contributed by atoms with van der Waals surface area (Å²) in [6.07, 6.45) is 25.3. The van der Waals surface area contributed by atoms with E-state index in [1.54, 1.807) is 0 Å². The topological polar surface area (TPSA) is 215 Å². The van der Waals surface area contributed by atoms with E-state index in [0.29, 0.717) is 19.4 Å². The van der Waals surface area contributed by atoms with Gasteiger partial charge < -0.3 is 45.4 Å². The lowest BCUT2D eigenvalue weighted by Gasteiger charge is -2.40. The molecule has 1 rings (SSSR count). The SMILES string of the molecule is CCCCCCCCCCCCCC[C@@H](O)[C@@H](O)[C@H](CO[C@H]1O[C@H](CO)[C@H](O)[C@H](O)[C@H]1O)NC(=O)CCCCCCCCCCCCNS(=O)(=O)CCCCCCCCCCC. The third-order valence-corrected chi connectivity index (χ3v) is 13.9. The molecule has 13 nitrogen and oxygen atoms in total. The van der Waals surface area contributed by atoms with Crippen molar-refractivity contribution in [1.82, 2.24) is 10.0 Å². The van der Waals surface area contributed by atoms with Crippen LogP contribution in [0.3, 0.4) is 0 Å². The Morgan fingerprint density at radius 2 is 1.03 bits per heavy atom. The number of aliphatic hydroxyl groups is 6. The average Bonchev–Trinajstić information content (AvgIpc) is 3.25. The molecule has 0 radical (unpaired) electrons. The number of aliphatic hydroxyl groups excluding tert-OH is 6. The van der Waals surface area contributed by atoms with Gasteiger partial charge in [0.25, 0.3) is 0 Å². The van der Waals surface area contributed by atoms with Gasteiger partial charge in [0.2, 0.25) is 15.9 Å². The maximum atomic E-state index is 13.0. The zero-order valence-corrected chi connectivity index (χ0v) is 40.2. The lowest BCUT2D eigenvalue weighted by molar-refractivity contribution is -0.303. The normalized spacial score (nSPS) is 20.9. The molecule has 1 heterocycles. The Balaban J connectivity index is 2.31. The van der Waals surface area contributed by atoms with Crippen LogP contribution in [-0.4, -0.2) is 119 Å². The Morgan fingerprint density at radius 1 is 0.597 bits per heavy atom. The first kappa shape index (κ1) is 59.1. The van der Waals surface area contributed by atoms with E-state index in [1.165, 1.54) is 89.9 Å². The van der Waals surface area contributed by atoms with Gasteiger partial charge >= 0.3 is 0 Å². The summed E-state index contributed by atoms with van der Waals surface area (Å²) in [7, 11) is -3.18. The van der Waals surface area contributed by atoms with E-state index in [4.69, 9.17) is 9.47 Å². The van der Waals surface area contributed by atoms with Crippen molar-refractivity contribution in [1.29, 1.82) is 0 Å². The van der Waals surface area contributed by atoms with Gasteiger partial charge in [-0.2, -0.15) is 0 Å². The number of sulfonamides is 1. The van der Waals surface area contributed by atoms with E-state index in [-0.39, 0.29) is 24.7 Å². The monoisotopic (exact) mass is 909 g/mol. The number of amides is 1. The van der Waals surface area contributed by atoms with Crippen molar-refractivity contribution in [3.05, 3.63) is 0 Å². The fraction of sp³-hybridized carbons (Fsp3) is 0.979. The fourth-order valence-corrected chi connectivity index (χ4v) is 9.45. The number of carbonyl (C=O) groups excluding carboxylic acids is 1. The van der Waals surface area contributed by atoms with Crippen molar-refractivity contribution in [3.8, 4) is 0 Å². The molecule has 62 heavy (non-hydrogen) atoms. The minimum Gasteiger partial charge on any atom is -0.394 e. The van der Waals surface area contributed by atoms with Crippen LogP contribution in [0.4, 0.5) is 0 Å². The molecule has 1 aliphatic rings. The molecule has 8 atom stereocenters. The van der Waals surface area contributed by atoms with E-state index >= 15 is 0 Å². The fourth-order valence-electron chi connectivity index (χ4n) is 8.27. The summed E-state index contributed by atoms with van der Waals surface area (Å²) in [6.45, 7) is 4.02. The Kier molecular flexibility index (Phi) is 37.4. The molecule has 0 unspecified atom stereocenters. The van der Waals surface area contributed by atoms with Crippen LogP contribution in [0.1, 0.15) is 226 Å². The molecule has 0 spiro atoms. The lowest BCUT2D eigenvalue weighted by Crippen LogP contribution is -2.60. The van der Waals surface area contributed by atoms with Gasteiger partial charge in [0.1, 0.15) is 30.5 Å². The van der Waals surface area contributed by atoms with Gasteiger partial charge in [-0.1, -0.05) is 194 Å². The molecular formula is C48H96N2O11S. The number of rotatable bonds is 44. The molecule has 370 valence electrons. The van der Waals surface area contributed by atoms with Gasteiger partial charge in [0.15, 0.2) is 6.29 Å². The van der Waals surface area contributed by atoms with Gasteiger partial charge in [-0.05, 0) is 25.7 Å². The van der Waals surface area contributed by atoms with Crippen molar-refractivity contribution < 1.29 is 53.3 Å². The molecule has 1 amide bonds. The molecule has 0 aromatic rings. The second-order valence-electron chi connectivity index (χ2n) is 18.3. The second kappa shape index (κ2) is 39.2. The second-order valence-corrected chi connectivity index (χ2v) is 20.2. The van der Waals surface area contributed by atoms with Crippen LogP contribution in [0.25, 0.3) is 0 Å². The first-order chi connectivity index (χ1) is 30.0. The highest BCUT2D eigenvalue weighted by molar-refractivity contribution is 7.89. The molecule has 0 saturated carbocycles. The number of carbonyl (C=O) groups is 1. The molecule has 0 aromatic heterocycles. The minimum absolute atomic E-state index is 0.227. The number of hydrogen-bond donors (Lipinski definition) is 8. The highest BCUT2D eigenvalue weighted by Crippen LogP contribution is 2.23. The van der Waals surface area contributed by atoms with Crippen molar-refractivity contribution in [2.24, 2.45) is 0 Å². The maximum Gasteiger partial charge on any atom is 0.220 e. The summed E-state index contributed by atoms with van der Waals surface area (Å²) in [5.41, 5.74) is 0. The summed E-state index contributed by atoms with van der Waals surface area (Å²) < 4.78 is 38.5. The molecular weight excluding hydrogens is 813 g/mol. The van der Waals surface area contributed by atoms with Crippen molar-refractivity contribution in [2.75, 3.05) is 25.5 Å². The first-order valence-electron chi connectivity index (χ1n) is 25.5. The van der Waals surface area contributed by atoms with Gasteiger partial charge in [-0.3, -0.25) is 4.79 Å². The molecule has 1 aliphatic heterocycles. The number of ether oxygens (including phenoxy) is 2. The Morgan fingerprint density at radius 3 is 1.52 bits per heavy atom. The Bertz CT molecular complexity index is 1130. The van der Waals surface area contributed by atoms with E-state index < -0.39 is 65.6 Å². The smallest absolute Gasteiger partial charge is 0.220 e. The number of hydrogen-bond acceptors (Lipinski definition) is 11. The van der Waals surface area contributed by atoms with Gasteiger partial charge in [0.05, 0.1) is 31.1 Å². The number of unbranched alkanes of at least 4 members (excludes halogenated alkanes) is 28. The summed E-state index contributed by atoms with van der Waals surface area (Å²) in [5.74, 6) is -0.0700. The van der Waals surface area contributed by atoms with Crippen LogP contribution in [0, 0.1) is 0 Å². The quantitative estimate of drug-likeness (QED) is 0.0276. The Labute approximate surface area is 378 Å². The van der Waals surface area contributed by atoms with E-state index in [0.717, 1.165) is 103 Å². The molecule has 1 fully saturated rings. The summed E-state index contributed by atoms with van der Waals surface area (Å²) in [4.78, 5) is 13.0. The number of nitrogens with one attached hydrogen (secondary N) is 2. The van der Waals surface area contributed by atoms with Crippen LogP contribution >= 0.6 is 0 Å². The third kappa shape index (κ3) is 30.3. The van der Waals surface area contributed by atoms with Gasteiger partial charge in [0, 0.05) is 13.0 Å². The molecule has 8 N–H and O–H groups in total. The maximum absolute atomic E-state index is 13.0. The average molecular weight is 909 g/mol. The summed E-state index contributed by atoms with van der Waals surface area (Å²) in [6, 6.07) is -1.02. The Hall–Kier alpha value is -0.940. The zero-order chi connectivity index (χ0) is 45.7. The molecule has 1 saturated heterocycles. The van der Waals surface area contributed by atoms with E-state index in [1.807, 2.05) is 0 Å². The van der Waals surface area contributed by atoms with Crippen LogP contribution in [0.15, 0.2) is 0 Å². The molecule has 14 heteroatoms. The predicted octanol–water partition coefficient (Wildman–Crippen LogP) is 7.84. The molecule has 0 aromatic carbocycles. The van der Waals surface area contributed by atoms with Crippen LogP contribution in [0.2, 0.25) is 0 Å². The van der Waals surface area contributed by atoms with Crippen LogP contribution in [0.5, 0.6) is 0 Å². The van der Waals surface area contributed by atoms with Crippen molar-refractivity contribution >= 4 is 15.9 Å². The highest BCUT2D eigenvalue weighted by Gasteiger charge is 2.44. The molecule has 0 aliphatic carbocycles. The summed E-state index contributed by atoms with van der Waals surface area (Å²) in [5, 5.41) is 65.2. The first-order valence-corrected chi connectivity index (χ1v) is 27.2. The lowest BCUT2D eigenvalue weighted by atomic mass is 9.98. The van der Waals surface area contributed by atoms with E-state index in [9.17, 15) is 43.9 Å². The zero-order valence-electron chi connectivity index (χ0n) is 39.4.